The van der Waals surface area contributed by atoms with Gasteiger partial charge in [-0.2, -0.15) is 0 Å². The topological polar surface area (TPSA) is 66.0 Å². The third-order valence-corrected chi connectivity index (χ3v) is 4.75. The standard InChI is InChI=1S/C24H34N4O2.HI/c1-6-25-24(26-15-19(3)21-12-10-18(2)11-13-21)27-16-20-8-7-9-22(14-20)30-17-23(29)28(4)5;/h7-14,19H,6,15-17H2,1-5H3,(H2,25,26,27);1H. The molecule has 1 atom stereocenters. The largest absolute Gasteiger partial charge is 0.484 e. The van der Waals surface area contributed by atoms with E-state index in [9.17, 15) is 4.79 Å². The number of aliphatic imine (C=N–C) groups is 1. The molecule has 0 heterocycles. The number of hydrogen-bond donors (Lipinski definition) is 2. The molecule has 2 N–H and O–H groups in total. The lowest BCUT2D eigenvalue weighted by atomic mass is 10.0. The molecule has 0 bridgehead atoms. The van der Waals surface area contributed by atoms with E-state index < -0.39 is 0 Å². The number of benzene rings is 2. The molecule has 2 aromatic carbocycles. The van der Waals surface area contributed by atoms with Crippen LogP contribution >= 0.6 is 24.0 Å². The second-order valence-electron chi connectivity index (χ2n) is 7.61. The van der Waals surface area contributed by atoms with Gasteiger partial charge in [-0.1, -0.05) is 48.9 Å². The van der Waals surface area contributed by atoms with Crippen molar-refractivity contribution in [2.75, 3.05) is 33.8 Å². The molecule has 1 unspecified atom stereocenters. The summed E-state index contributed by atoms with van der Waals surface area (Å²) in [7, 11) is 3.43. The number of carbonyl (C=O) groups excluding carboxylic acids is 1. The fraction of sp³-hybridized carbons (Fsp3) is 0.417. The Balaban J connectivity index is 0.00000480. The first kappa shape index (κ1) is 26.7. The molecule has 170 valence electrons. The number of ether oxygens (including phenoxy) is 1. The molecule has 0 aliphatic heterocycles. The maximum absolute atomic E-state index is 11.7. The van der Waals surface area contributed by atoms with Gasteiger partial charge < -0.3 is 20.3 Å². The fourth-order valence-corrected chi connectivity index (χ4v) is 2.78. The Labute approximate surface area is 203 Å². The molecule has 2 rings (SSSR count). The first-order valence-corrected chi connectivity index (χ1v) is 10.4. The minimum absolute atomic E-state index is 0. The van der Waals surface area contributed by atoms with Crippen LogP contribution in [0.2, 0.25) is 0 Å². The van der Waals surface area contributed by atoms with Crippen LogP contribution in [0.1, 0.15) is 36.5 Å². The minimum atomic E-state index is -0.0697. The van der Waals surface area contributed by atoms with E-state index >= 15 is 0 Å². The monoisotopic (exact) mass is 538 g/mol. The van der Waals surface area contributed by atoms with E-state index in [0.29, 0.717) is 18.2 Å². The number of nitrogens with one attached hydrogen (secondary N) is 2. The molecule has 0 saturated heterocycles. The van der Waals surface area contributed by atoms with Gasteiger partial charge in [0.25, 0.3) is 5.91 Å². The molecule has 31 heavy (non-hydrogen) atoms. The lowest BCUT2D eigenvalue weighted by Crippen LogP contribution is -2.39. The van der Waals surface area contributed by atoms with Gasteiger partial charge in [0.05, 0.1) is 6.54 Å². The average molecular weight is 538 g/mol. The number of aryl methyl sites for hydroxylation is 1. The van der Waals surface area contributed by atoms with E-state index in [2.05, 4.69) is 55.7 Å². The second kappa shape index (κ2) is 13.9. The highest BCUT2D eigenvalue weighted by atomic mass is 127. The van der Waals surface area contributed by atoms with Crippen molar-refractivity contribution >= 4 is 35.8 Å². The highest BCUT2D eigenvalue weighted by Crippen LogP contribution is 2.16. The number of likely N-dealkylation sites (N-methyl/N-ethyl adjacent to an activating group) is 1. The van der Waals surface area contributed by atoms with Gasteiger partial charge in [-0.3, -0.25) is 4.79 Å². The zero-order valence-electron chi connectivity index (χ0n) is 19.1. The normalized spacial score (nSPS) is 11.8. The second-order valence-corrected chi connectivity index (χ2v) is 7.61. The van der Waals surface area contributed by atoms with Crippen LogP contribution < -0.4 is 15.4 Å². The van der Waals surface area contributed by atoms with Gasteiger partial charge in [-0.05, 0) is 43.0 Å². The molecule has 0 saturated carbocycles. The van der Waals surface area contributed by atoms with E-state index in [4.69, 9.17) is 9.73 Å². The predicted molar refractivity (Wildman–Crippen MR) is 138 cm³/mol. The van der Waals surface area contributed by atoms with Gasteiger partial charge in [-0.15, -0.1) is 24.0 Å². The lowest BCUT2D eigenvalue weighted by molar-refractivity contribution is -0.130. The van der Waals surface area contributed by atoms with Crippen molar-refractivity contribution < 1.29 is 9.53 Å². The molecule has 0 fully saturated rings. The summed E-state index contributed by atoms with van der Waals surface area (Å²) in [6.45, 7) is 8.50. The summed E-state index contributed by atoms with van der Waals surface area (Å²) in [4.78, 5) is 17.9. The Morgan fingerprint density at radius 2 is 1.84 bits per heavy atom. The third-order valence-electron chi connectivity index (χ3n) is 4.75. The van der Waals surface area contributed by atoms with Gasteiger partial charge in [0.2, 0.25) is 0 Å². The molecular formula is C24H35IN4O2. The Morgan fingerprint density at radius 1 is 1.13 bits per heavy atom. The van der Waals surface area contributed by atoms with Gasteiger partial charge >= 0.3 is 0 Å². The zero-order chi connectivity index (χ0) is 21.9. The molecule has 0 spiro atoms. The zero-order valence-corrected chi connectivity index (χ0v) is 21.5. The first-order chi connectivity index (χ1) is 14.4. The van der Waals surface area contributed by atoms with Gasteiger partial charge in [-0.25, -0.2) is 4.99 Å². The van der Waals surface area contributed by atoms with Crippen molar-refractivity contribution in [3.05, 3.63) is 65.2 Å². The van der Waals surface area contributed by atoms with Crippen LogP contribution in [-0.4, -0.2) is 50.6 Å². The quantitative estimate of drug-likeness (QED) is 0.289. The van der Waals surface area contributed by atoms with Crippen molar-refractivity contribution in [1.29, 1.82) is 0 Å². The van der Waals surface area contributed by atoms with Crippen LogP contribution in [0.15, 0.2) is 53.5 Å². The Morgan fingerprint density at radius 3 is 2.48 bits per heavy atom. The average Bonchev–Trinajstić information content (AvgIpc) is 2.74. The van der Waals surface area contributed by atoms with Crippen LogP contribution in [0.4, 0.5) is 0 Å². The Hall–Kier alpha value is -2.29. The SMILES string of the molecule is CCNC(=NCc1cccc(OCC(=O)N(C)C)c1)NCC(C)c1ccc(C)cc1.I. The molecule has 2 aromatic rings. The van der Waals surface area contributed by atoms with Gasteiger partial charge in [0.1, 0.15) is 5.75 Å². The summed E-state index contributed by atoms with van der Waals surface area (Å²) in [6, 6.07) is 16.3. The van der Waals surface area contributed by atoms with E-state index in [1.54, 1.807) is 14.1 Å². The van der Waals surface area contributed by atoms with Crippen LogP contribution in [0.5, 0.6) is 5.75 Å². The summed E-state index contributed by atoms with van der Waals surface area (Å²) in [6.07, 6.45) is 0. The summed E-state index contributed by atoms with van der Waals surface area (Å²) >= 11 is 0. The number of hydrogen-bond acceptors (Lipinski definition) is 3. The first-order valence-electron chi connectivity index (χ1n) is 10.4. The predicted octanol–water partition coefficient (Wildman–Crippen LogP) is 3.94. The fourth-order valence-electron chi connectivity index (χ4n) is 2.78. The van der Waals surface area contributed by atoms with Gasteiger partial charge in [0.15, 0.2) is 12.6 Å². The number of guanidine groups is 1. The number of carbonyl (C=O) groups is 1. The summed E-state index contributed by atoms with van der Waals surface area (Å²) < 4.78 is 5.59. The summed E-state index contributed by atoms with van der Waals surface area (Å²) in [5.41, 5.74) is 3.60. The maximum atomic E-state index is 11.7. The van der Waals surface area contributed by atoms with Crippen molar-refractivity contribution in [1.82, 2.24) is 15.5 Å². The van der Waals surface area contributed by atoms with Crippen LogP contribution in [0.25, 0.3) is 0 Å². The van der Waals surface area contributed by atoms with Crippen molar-refractivity contribution in [3.63, 3.8) is 0 Å². The van der Waals surface area contributed by atoms with E-state index in [0.717, 1.165) is 24.6 Å². The molecule has 1 amide bonds. The lowest BCUT2D eigenvalue weighted by Gasteiger charge is -2.16. The number of nitrogens with zero attached hydrogens (tertiary/aromatic N) is 2. The highest BCUT2D eigenvalue weighted by molar-refractivity contribution is 14.0. The molecule has 0 aromatic heterocycles. The van der Waals surface area contributed by atoms with Crippen molar-refractivity contribution in [2.24, 2.45) is 4.99 Å². The maximum Gasteiger partial charge on any atom is 0.259 e. The summed E-state index contributed by atoms with van der Waals surface area (Å²) in [5, 5.41) is 6.72. The van der Waals surface area contributed by atoms with E-state index in [1.165, 1.54) is 16.0 Å². The Kier molecular flexibility index (Phi) is 12.0. The number of rotatable bonds is 9. The Bertz CT molecular complexity index is 838. The smallest absolute Gasteiger partial charge is 0.259 e. The van der Waals surface area contributed by atoms with Crippen molar-refractivity contribution in [2.45, 2.75) is 33.2 Å². The third kappa shape index (κ3) is 9.59. The number of amides is 1. The van der Waals surface area contributed by atoms with Crippen LogP contribution in [0.3, 0.4) is 0 Å². The molecule has 0 aliphatic rings. The number of halogens is 1. The molecule has 0 radical (unpaired) electrons. The van der Waals surface area contributed by atoms with Crippen molar-refractivity contribution in [3.8, 4) is 5.75 Å². The van der Waals surface area contributed by atoms with E-state index in [1.807, 2.05) is 24.3 Å². The molecule has 7 heteroatoms. The highest BCUT2D eigenvalue weighted by Gasteiger charge is 2.08. The molecule has 6 nitrogen and oxygen atoms in total. The van der Waals surface area contributed by atoms with Gasteiger partial charge in [0, 0.05) is 27.2 Å². The van der Waals surface area contributed by atoms with Crippen LogP contribution in [-0.2, 0) is 11.3 Å². The molecule has 0 aliphatic carbocycles. The molecular weight excluding hydrogens is 503 g/mol. The minimum Gasteiger partial charge on any atom is -0.484 e. The summed E-state index contributed by atoms with van der Waals surface area (Å²) in [5.74, 6) is 1.76. The van der Waals surface area contributed by atoms with Crippen LogP contribution in [0, 0.1) is 6.92 Å². The van der Waals surface area contributed by atoms with E-state index in [-0.39, 0.29) is 36.5 Å².